The van der Waals surface area contributed by atoms with E-state index in [1.807, 2.05) is 18.2 Å². The van der Waals surface area contributed by atoms with Crippen LogP contribution in [0.2, 0.25) is 0 Å². The summed E-state index contributed by atoms with van der Waals surface area (Å²) < 4.78 is 29.7. The number of nitrogens with two attached hydrogens (primary N) is 1. The first-order valence-corrected chi connectivity index (χ1v) is 8.75. The van der Waals surface area contributed by atoms with E-state index in [0.29, 0.717) is 34.1 Å². The van der Waals surface area contributed by atoms with Gasteiger partial charge in [-0.05, 0) is 36.4 Å². The maximum Gasteiger partial charge on any atom is 0.203 e. The number of pyridine rings is 1. The topological polar surface area (TPSA) is 95.3 Å². The number of aromatic nitrogens is 3. The van der Waals surface area contributed by atoms with Crippen LogP contribution < -0.4 is 19.9 Å². The molecule has 0 saturated heterocycles. The number of halogens is 1. The third kappa shape index (κ3) is 3.18. The van der Waals surface area contributed by atoms with Crippen molar-refractivity contribution >= 4 is 16.7 Å². The SMILES string of the molecule is COc1cc(-c2[nH]nc3ncc(-c4ccc(F)cc4N)cc23)cc(OC)c1OC. The summed E-state index contributed by atoms with van der Waals surface area (Å²) in [5.41, 5.74) is 9.83. The van der Waals surface area contributed by atoms with Crippen molar-refractivity contribution in [2.45, 2.75) is 0 Å². The molecule has 0 amide bonds. The Morgan fingerprint density at radius 2 is 1.66 bits per heavy atom. The molecule has 2 heterocycles. The molecule has 3 N–H and O–H groups in total. The molecule has 0 spiro atoms. The number of hydrogen-bond acceptors (Lipinski definition) is 6. The van der Waals surface area contributed by atoms with Crippen LogP contribution in [-0.4, -0.2) is 36.5 Å². The fraction of sp³-hybridized carbons (Fsp3) is 0.143. The Morgan fingerprint density at radius 1 is 0.931 bits per heavy atom. The lowest BCUT2D eigenvalue weighted by Gasteiger charge is -2.13. The van der Waals surface area contributed by atoms with Crippen LogP contribution >= 0.6 is 0 Å². The summed E-state index contributed by atoms with van der Waals surface area (Å²) in [4.78, 5) is 4.41. The van der Waals surface area contributed by atoms with Crippen molar-refractivity contribution in [3.63, 3.8) is 0 Å². The number of methoxy groups -OCH3 is 3. The van der Waals surface area contributed by atoms with Crippen LogP contribution in [0.5, 0.6) is 17.2 Å². The van der Waals surface area contributed by atoms with Gasteiger partial charge in [-0.15, -0.1) is 0 Å². The van der Waals surface area contributed by atoms with Gasteiger partial charge in [-0.1, -0.05) is 0 Å². The molecule has 4 rings (SSSR count). The predicted octanol–water partition coefficient (Wildman–Crippen LogP) is 4.04. The largest absolute Gasteiger partial charge is 0.493 e. The van der Waals surface area contributed by atoms with Crippen molar-refractivity contribution in [1.29, 1.82) is 0 Å². The fourth-order valence-electron chi connectivity index (χ4n) is 3.29. The lowest BCUT2D eigenvalue weighted by atomic mass is 10.0. The smallest absolute Gasteiger partial charge is 0.203 e. The van der Waals surface area contributed by atoms with Gasteiger partial charge in [-0.2, -0.15) is 5.10 Å². The molecule has 0 aliphatic heterocycles. The lowest BCUT2D eigenvalue weighted by molar-refractivity contribution is 0.324. The van der Waals surface area contributed by atoms with Crippen LogP contribution in [0.4, 0.5) is 10.1 Å². The molecule has 8 heteroatoms. The van der Waals surface area contributed by atoms with E-state index in [4.69, 9.17) is 19.9 Å². The second-order valence-corrected chi connectivity index (χ2v) is 6.34. The second-order valence-electron chi connectivity index (χ2n) is 6.34. The van der Waals surface area contributed by atoms with Gasteiger partial charge in [0.25, 0.3) is 0 Å². The summed E-state index contributed by atoms with van der Waals surface area (Å²) >= 11 is 0. The molecule has 0 aliphatic carbocycles. The van der Waals surface area contributed by atoms with E-state index in [-0.39, 0.29) is 5.82 Å². The number of nitrogens with zero attached hydrogens (tertiary/aromatic N) is 2. The summed E-state index contributed by atoms with van der Waals surface area (Å²) in [7, 11) is 4.67. The summed E-state index contributed by atoms with van der Waals surface area (Å²) in [6.45, 7) is 0. The fourth-order valence-corrected chi connectivity index (χ4v) is 3.29. The Hall–Kier alpha value is -3.81. The molecule has 0 atom stereocenters. The number of nitrogens with one attached hydrogen (secondary N) is 1. The third-order valence-electron chi connectivity index (χ3n) is 4.69. The minimum absolute atomic E-state index is 0.337. The van der Waals surface area contributed by atoms with Gasteiger partial charge >= 0.3 is 0 Å². The van der Waals surface area contributed by atoms with Crippen LogP contribution in [0, 0.1) is 5.82 Å². The van der Waals surface area contributed by atoms with E-state index in [9.17, 15) is 4.39 Å². The highest BCUT2D eigenvalue weighted by molar-refractivity contribution is 5.95. The summed E-state index contributed by atoms with van der Waals surface area (Å²) in [5, 5.41) is 8.07. The first kappa shape index (κ1) is 18.5. The second kappa shape index (κ2) is 7.31. The summed E-state index contributed by atoms with van der Waals surface area (Å²) in [5.74, 6) is 1.16. The van der Waals surface area contributed by atoms with Gasteiger partial charge in [0.2, 0.25) is 5.75 Å². The number of nitrogen functional groups attached to an aromatic ring is 1. The molecule has 2 aromatic heterocycles. The van der Waals surface area contributed by atoms with Gasteiger partial charge in [0.15, 0.2) is 17.1 Å². The standard InChI is InChI=1S/C21H19FN4O3/c1-27-17-7-11(8-18(28-2)20(17)29-3)19-15-6-12(10-24-21(15)26-25-19)14-5-4-13(22)9-16(14)23/h4-10H,23H2,1-3H3,(H,24,25,26). The molecule has 2 aromatic carbocycles. The van der Waals surface area contributed by atoms with Gasteiger partial charge in [0, 0.05) is 34.0 Å². The molecule has 29 heavy (non-hydrogen) atoms. The Bertz CT molecular complexity index is 1180. The Kier molecular flexibility index (Phi) is 4.67. The molecule has 0 unspecified atom stereocenters. The first-order valence-electron chi connectivity index (χ1n) is 8.75. The average molecular weight is 394 g/mol. The number of ether oxygens (including phenoxy) is 3. The van der Waals surface area contributed by atoms with E-state index in [2.05, 4.69) is 15.2 Å². The van der Waals surface area contributed by atoms with Crippen LogP contribution in [0.25, 0.3) is 33.4 Å². The molecular weight excluding hydrogens is 375 g/mol. The van der Waals surface area contributed by atoms with E-state index < -0.39 is 0 Å². The molecule has 7 nitrogen and oxygen atoms in total. The van der Waals surface area contributed by atoms with Crippen molar-refractivity contribution in [1.82, 2.24) is 15.2 Å². The summed E-state index contributed by atoms with van der Waals surface area (Å²) in [6, 6.07) is 9.85. The Balaban J connectivity index is 1.89. The Morgan fingerprint density at radius 3 is 2.28 bits per heavy atom. The maximum atomic E-state index is 13.4. The van der Waals surface area contributed by atoms with Crippen LogP contribution in [0.1, 0.15) is 0 Å². The number of anilines is 1. The van der Waals surface area contributed by atoms with Gasteiger partial charge in [-0.3, -0.25) is 5.10 Å². The van der Waals surface area contributed by atoms with Crippen LogP contribution in [0.3, 0.4) is 0 Å². The number of hydrogen-bond donors (Lipinski definition) is 2. The average Bonchev–Trinajstić information content (AvgIpc) is 3.15. The molecule has 0 aliphatic rings. The van der Waals surface area contributed by atoms with Gasteiger partial charge < -0.3 is 19.9 Å². The maximum absolute atomic E-state index is 13.4. The third-order valence-corrected chi connectivity index (χ3v) is 4.69. The van der Waals surface area contributed by atoms with Crippen molar-refractivity contribution < 1.29 is 18.6 Å². The number of H-pyrrole nitrogens is 1. The minimum atomic E-state index is -0.387. The number of benzene rings is 2. The first-order chi connectivity index (χ1) is 14.0. The van der Waals surface area contributed by atoms with Gasteiger partial charge in [0.05, 0.1) is 27.0 Å². The van der Waals surface area contributed by atoms with Gasteiger partial charge in [0.1, 0.15) is 5.82 Å². The van der Waals surface area contributed by atoms with Gasteiger partial charge in [-0.25, -0.2) is 9.37 Å². The molecule has 0 fully saturated rings. The quantitative estimate of drug-likeness (QED) is 0.496. The van der Waals surface area contributed by atoms with E-state index in [1.54, 1.807) is 33.6 Å². The lowest BCUT2D eigenvalue weighted by Crippen LogP contribution is -1.96. The highest BCUT2D eigenvalue weighted by atomic mass is 19.1. The molecule has 0 saturated carbocycles. The van der Waals surface area contributed by atoms with E-state index in [1.165, 1.54) is 12.1 Å². The number of fused-ring (bicyclic) bond motifs is 1. The highest BCUT2D eigenvalue weighted by Crippen LogP contribution is 2.42. The zero-order valence-electron chi connectivity index (χ0n) is 16.1. The number of rotatable bonds is 5. The van der Waals surface area contributed by atoms with E-state index >= 15 is 0 Å². The highest BCUT2D eigenvalue weighted by Gasteiger charge is 2.18. The normalized spacial score (nSPS) is 10.9. The van der Waals surface area contributed by atoms with Crippen LogP contribution in [-0.2, 0) is 0 Å². The van der Waals surface area contributed by atoms with Crippen molar-refractivity contribution in [3.8, 4) is 39.6 Å². The van der Waals surface area contributed by atoms with Crippen molar-refractivity contribution in [2.75, 3.05) is 27.1 Å². The van der Waals surface area contributed by atoms with Crippen LogP contribution in [0.15, 0.2) is 42.6 Å². The number of aromatic amines is 1. The molecule has 0 bridgehead atoms. The van der Waals surface area contributed by atoms with Crippen molar-refractivity contribution in [2.24, 2.45) is 0 Å². The molecular formula is C21H19FN4O3. The Labute approximate surface area is 166 Å². The molecule has 148 valence electrons. The molecule has 4 aromatic rings. The minimum Gasteiger partial charge on any atom is -0.493 e. The molecule has 0 radical (unpaired) electrons. The van der Waals surface area contributed by atoms with E-state index in [0.717, 1.165) is 22.2 Å². The zero-order chi connectivity index (χ0) is 20.5. The summed E-state index contributed by atoms with van der Waals surface area (Å²) in [6.07, 6.45) is 1.66. The monoisotopic (exact) mass is 394 g/mol. The zero-order valence-corrected chi connectivity index (χ0v) is 16.1. The predicted molar refractivity (Wildman–Crippen MR) is 109 cm³/mol. The van der Waals surface area contributed by atoms with Crippen molar-refractivity contribution in [3.05, 3.63) is 48.4 Å².